The molecule has 0 fully saturated rings. The maximum atomic E-state index is 11.3. The molecule has 0 saturated heterocycles. The molecule has 6 nitrogen and oxygen atoms in total. The normalized spacial score (nSPS) is 14.2. The van der Waals surface area contributed by atoms with Gasteiger partial charge in [-0.2, -0.15) is 11.8 Å². The van der Waals surface area contributed by atoms with E-state index in [9.17, 15) is 8.42 Å². The average molecular weight is 325 g/mol. The highest BCUT2D eigenvalue weighted by Gasteiger charge is 2.23. The summed E-state index contributed by atoms with van der Waals surface area (Å²) < 4.78 is 25.2. The summed E-state index contributed by atoms with van der Waals surface area (Å²) in [5.41, 5.74) is -0.583. The van der Waals surface area contributed by atoms with Gasteiger partial charge in [0, 0.05) is 30.4 Å². The first kappa shape index (κ1) is 19.5. The first-order valence-corrected chi connectivity index (χ1v) is 9.51. The number of sulfonamides is 1. The number of rotatable bonds is 7. The topological polar surface area (TPSA) is 82.6 Å². The van der Waals surface area contributed by atoms with Crippen LogP contribution < -0.4 is 15.4 Å². The van der Waals surface area contributed by atoms with Crippen LogP contribution in [0.25, 0.3) is 0 Å². The van der Waals surface area contributed by atoms with Gasteiger partial charge in [0.2, 0.25) is 10.0 Å². The Morgan fingerprint density at radius 3 is 2.05 bits per heavy atom. The Balaban J connectivity index is 4.40. The molecule has 8 heteroatoms. The molecule has 0 unspecified atom stereocenters. The maximum absolute atomic E-state index is 11.3. The van der Waals surface area contributed by atoms with Crippen molar-refractivity contribution in [3.63, 3.8) is 0 Å². The summed E-state index contributed by atoms with van der Waals surface area (Å²) in [6.45, 7) is 9.15. The van der Waals surface area contributed by atoms with E-state index < -0.39 is 15.6 Å². The van der Waals surface area contributed by atoms with Crippen molar-refractivity contribution in [3.05, 3.63) is 0 Å². The largest absolute Gasteiger partial charge is 0.355 e. The van der Waals surface area contributed by atoms with Gasteiger partial charge in [0.1, 0.15) is 0 Å². The van der Waals surface area contributed by atoms with Crippen LogP contribution in [0, 0.1) is 0 Å². The van der Waals surface area contributed by atoms with E-state index in [-0.39, 0.29) is 4.75 Å². The second kappa shape index (κ2) is 7.51. The summed E-state index contributed by atoms with van der Waals surface area (Å²) in [4.78, 5) is 4.13. The molecule has 0 aromatic carbocycles. The number of nitrogens with zero attached hydrogens (tertiary/aromatic N) is 1. The Morgan fingerprint density at radius 1 is 1.15 bits per heavy atom. The fourth-order valence-electron chi connectivity index (χ4n) is 1.43. The monoisotopic (exact) mass is 324 g/mol. The molecule has 0 aromatic heterocycles. The third kappa shape index (κ3) is 9.44. The number of hydrogen-bond donors (Lipinski definition) is 3. The van der Waals surface area contributed by atoms with E-state index in [0.29, 0.717) is 12.5 Å². The van der Waals surface area contributed by atoms with E-state index in [1.807, 2.05) is 13.8 Å². The first-order valence-electron chi connectivity index (χ1n) is 6.39. The van der Waals surface area contributed by atoms with Gasteiger partial charge >= 0.3 is 0 Å². The number of aliphatic imine (C=N–C) groups is 1. The number of thioether (sulfide) groups is 1. The lowest BCUT2D eigenvalue weighted by Gasteiger charge is -2.28. The third-order valence-corrected chi connectivity index (χ3v) is 4.79. The van der Waals surface area contributed by atoms with Crippen molar-refractivity contribution in [2.75, 3.05) is 32.6 Å². The van der Waals surface area contributed by atoms with E-state index in [0.717, 1.165) is 12.8 Å². The van der Waals surface area contributed by atoms with Gasteiger partial charge in [-0.25, -0.2) is 13.1 Å². The molecular weight excluding hydrogens is 296 g/mol. The van der Waals surface area contributed by atoms with Crippen molar-refractivity contribution < 1.29 is 8.42 Å². The van der Waals surface area contributed by atoms with Crippen LogP contribution in [0.4, 0.5) is 0 Å². The summed E-state index contributed by atoms with van der Waals surface area (Å²) in [6.07, 6.45) is 3.22. The fraction of sp³-hybridized carbons (Fsp3) is 0.917. The highest BCUT2D eigenvalue weighted by atomic mass is 32.2. The summed E-state index contributed by atoms with van der Waals surface area (Å²) in [6, 6.07) is 0. The summed E-state index contributed by atoms with van der Waals surface area (Å²) >= 11 is 1.77. The van der Waals surface area contributed by atoms with Crippen molar-refractivity contribution in [1.82, 2.24) is 15.4 Å². The maximum Gasteiger partial charge on any atom is 0.209 e. The quantitative estimate of drug-likeness (QED) is 0.472. The second-order valence-electron chi connectivity index (χ2n) is 6.00. The standard InChI is InChI=1S/C12H28N4O2S2/c1-11(2,16-20(7,17)18)8-14-10(13-5)15-9-12(3,4)19-6/h16H,8-9H2,1-7H3,(H2,13,14,15). The summed E-state index contributed by atoms with van der Waals surface area (Å²) in [5.74, 6) is 0.663. The van der Waals surface area contributed by atoms with Crippen LogP contribution in [-0.4, -0.2) is 57.3 Å². The molecule has 0 aliphatic rings. The molecule has 0 bridgehead atoms. The van der Waals surface area contributed by atoms with E-state index in [2.05, 4.69) is 40.5 Å². The Labute approximate surface area is 127 Å². The molecule has 20 heavy (non-hydrogen) atoms. The molecule has 3 N–H and O–H groups in total. The molecule has 0 aliphatic carbocycles. The number of nitrogens with one attached hydrogen (secondary N) is 3. The van der Waals surface area contributed by atoms with E-state index in [4.69, 9.17) is 0 Å². The lowest BCUT2D eigenvalue weighted by Crippen LogP contribution is -2.53. The molecular formula is C12H28N4O2S2. The van der Waals surface area contributed by atoms with Gasteiger partial charge in [-0.05, 0) is 34.0 Å². The molecule has 0 amide bonds. The average Bonchev–Trinajstić information content (AvgIpc) is 2.26. The van der Waals surface area contributed by atoms with Crippen molar-refractivity contribution >= 4 is 27.7 Å². The van der Waals surface area contributed by atoms with Crippen LogP contribution in [0.2, 0.25) is 0 Å². The van der Waals surface area contributed by atoms with Crippen LogP contribution >= 0.6 is 11.8 Å². The molecule has 0 rings (SSSR count). The molecule has 0 saturated carbocycles. The Bertz CT molecular complexity index is 431. The number of guanidine groups is 1. The van der Waals surface area contributed by atoms with Gasteiger partial charge in [0.05, 0.1) is 6.26 Å². The molecule has 0 aromatic rings. The second-order valence-corrected chi connectivity index (χ2v) is 9.26. The van der Waals surface area contributed by atoms with Crippen LogP contribution in [0.5, 0.6) is 0 Å². The SMILES string of the molecule is CN=C(NCC(C)(C)NS(C)(=O)=O)NCC(C)(C)SC. The van der Waals surface area contributed by atoms with Crippen molar-refractivity contribution in [2.45, 2.75) is 38.0 Å². The Kier molecular flexibility index (Phi) is 7.34. The number of hydrogen-bond acceptors (Lipinski definition) is 4. The van der Waals surface area contributed by atoms with Gasteiger partial charge in [-0.1, -0.05) is 0 Å². The van der Waals surface area contributed by atoms with E-state index in [1.165, 1.54) is 0 Å². The van der Waals surface area contributed by atoms with Gasteiger partial charge in [-0.3, -0.25) is 4.99 Å². The predicted octanol–water partition coefficient (Wildman–Crippen LogP) is 0.621. The van der Waals surface area contributed by atoms with Gasteiger partial charge in [-0.15, -0.1) is 0 Å². The molecule has 0 atom stereocenters. The molecule has 0 spiro atoms. The minimum atomic E-state index is -3.23. The summed E-state index contributed by atoms with van der Waals surface area (Å²) in [5, 5.41) is 6.37. The molecule has 120 valence electrons. The Hall–Kier alpha value is -0.470. The zero-order chi connectivity index (χ0) is 16.0. The van der Waals surface area contributed by atoms with Crippen LogP contribution in [-0.2, 0) is 10.0 Å². The van der Waals surface area contributed by atoms with Gasteiger partial charge in [0.15, 0.2) is 5.96 Å². The zero-order valence-electron chi connectivity index (χ0n) is 13.5. The highest BCUT2D eigenvalue weighted by molar-refractivity contribution is 7.99. The van der Waals surface area contributed by atoms with E-state index >= 15 is 0 Å². The van der Waals surface area contributed by atoms with Crippen LogP contribution in [0.3, 0.4) is 0 Å². The smallest absolute Gasteiger partial charge is 0.209 e. The molecule has 0 radical (unpaired) electrons. The zero-order valence-corrected chi connectivity index (χ0v) is 15.1. The van der Waals surface area contributed by atoms with Gasteiger partial charge in [0.25, 0.3) is 0 Å². The minimum absolute atomic E-state index is 0.109. The van der Waals surface area contributed by atoms with E-state index in [1.54, 1.807) is 18.8 Å². The van der Waals surface area contributed by atoms with Crippen molar-refractivity contribution in [2.24, 2.45) is 4.99 Å². The highest BCUT2D eigenvalue weighted by Crippen LogP contribution is 2.19. The summed E-state index contributed by atoms with van der Waals surface area (Å²) in [7, 11) is -1.54. The molecule has 0 heterocycles. The lowest BCUT2D eigenvalue weighted by molar-refractivity contribution is 0.446. The first-order chi connectivity index (χ1) is 8.91. The van der Waals surface area contributed by atoms with Crippen molar-refractivity contribution in [1.29, 1.82) is 0 Å². The Morgan fingerprint density at radius 2 is 1.65 bits per heavy atom. The third-order valence-electron chi connectivity index (χ3n) is 2.62. The minimum Gasteiger partial charge on any atom is -0.355 e. The van der Waals surface area contributed by atoms with Crippen LogP contribution in [0.15, 0.2) is 4.99 Å². The van der Waals surface area contributed by atoms with Crippen molar-refractivity contribution in [3.8, 4) is 0 Å². The van der Waals surface area contributed by atoms with Crippen LogP contribution in [0.1, 0.15) is 27.7 Å². The van der Waals surface area contributed by atoms with Gasteiger partial charge < -0.3 is 10.6 Å². The lowest BCUT2D eigenvalue weighted by atomic mass is 10.1. The predicted molar refractivity (Wildman–Crippen MR) is 89.0 cm³/mol. The molecule has 0 aliphatic heterocycles. The fourth-order valence-corrected chi connectivity index (χ4v) is 2.72.